The maximum Gasteiger partial charge on any atom is 0.219 e. The molecule has 90 valence electrons. The fourth-order valence-electron chi connectivity index (χ4n) is 1.58. The molecule has 0 N–H and O–H groups in total. The van der Waals surface area contributed by atoms with E-state index in [9.17, 15) is 0 Å². The van der Waals surface area contributed by atoms with Crippen LogP contribution in [0, 0.1) is 13.8 Å². The zero-order valence-electron chi connectivity index (χ0n) is 10.2. The average molecular weight is 256 g/mol. The summed E-state index contributed by atoms with van der Waals surface area (Å²) in [6, 6.07) is 9.55. The van der Waals surface area contributed by atoms with E-state index in [1.807, 2.05) is 26.0 Å². The molecule has 0 spiro atoms. The van der Waals surface area contributed by atoms with Crippen LogP contribution in [0.3, 0.4) is 0 Å². The first-order chi connectivity index (χ1) is 8.69. The number of thiocarbonyl (C=S) groups is 1. The Bertz CT molecular complexity index is 602. The quantitative estimate of drug-likeness (QED) is 0.609. The van der Waals surface area contributed by atoms with Crippen LogP contribution in [0.4, 0.5) is 5.69 Å². The van der Waals surface area contributed by atoms with Crippen LogP contribution in [0.15, 0.2) is 41.5 Å². The molecule has 0 aliphatic rings. The Labute approximate surface area is 111 Å². The molecule has 3 nitrogen and oxygen atoms in total. The molecule has 0 bridgehead atoms. The summed E-state index contributed by atoms with van der Waals surface area (Å²) in [5.74, 6) is 1.34. The van der Waals surface area contributed by atoms with Crippen molar-refractivity contribution >= 4 is 23.1 Å². The second-order valence-corrected chi connectivity index (χ2v) is 4.11. The number of ether oxygens (including phenoxy) is 1. The van der Waals surface area contributed by atoms with Crippen molar-refractivity contribution in [3.63, 3.8) is 0 Å². The Balaban J connectivity index is 2.20. The lowest BCUT2D eigenvalue weighted by molar-refractivity contribution is 0.459. The predicted molar refractivity (Wildman–Crippen MR) is 74.9 cm³/mol. The molecule has 2 rings (SSSR count). The van der Waals surface area contributed by atoms with E-state index in [4.69, 9.17) is 4.74 Å². The first-order valence-electron chi connectivity index (χ1n) is 5.48. The summed E-state index contributed by atoms with van der Waals surface area (Å²) in [5.41, 5.74) is 2.95. The fourth-order valence-corrected chi connectivity index (χ4v) is 1.68. The highest BCUT2D eigenvalue weighted by Gasteiger charge is 2.02. The van der Waals surface area contributed by atoms with E-state index in [1.165, 1.54) is 5.56 Å². The van der Waals surface area contributed by atoms with Crippen LogP contribution in [0.2, 0.25) is 0 Å². The molecule has 1 aromatic carbocycles. The SMILES string of the molecule is Cc1ccc(Oc2ccc(N=C=S)cn2)c(C)c1. The van der Waals surface area contributed by atoms with Crippen molar-refractivity contribution in [2.75, 3.05) is 0 Å². The maximum absolute atomic E-state index is 5.70. The summed E-state index contributed by atoms with van der Waals surface area (Å²) in [4.78, 5) is 7.98. The van der Waals surface area contributed by atoms with Gasteiger partial charge in [-0.15, -0.1) is 0 Å². The van der Waals surface area contributed by atoms with E-state index >= 15 is 0 Å². The molecule has 0 fully saturated rings. The fraction of sp³-hybridized carbons (Fsp3) is 0.143. The summed E-state index contributed by atoms with van der Waals surface area (Å²) >= 11 is 4.53. The average Bonchev–Trinajstić information content (AvgIpc) is 2.35. The van der Waals surface area contributed by atoms with Crippen molar-refractivity contribution in [2.45, 2.75) is 13.8 Å². The Morgan fingerprint density at radius 3 is 2.67 bits per heavy atom. The molecule has 0 atom stereocenters. The van der Waals surface area contributed by atoms with Crippen molar-refractivity contribution < 1.29 is 4.74 Å². The van der Waals surface area contributed by atoms with E-state index in [2.05, 4.69) is 33.4 Å². The second-order valence-electron chi connectivity index (χ2n) is 3.93. The normalized spacial score (nSPS) is 9.67. The largest absolute Gasteiger partial charge is 0.439 e. The highest BCUT2D eigenvalue weighted by Crippen LogP contribution is 2.25. The van der Waals surface area contributed by atoms with Crippen molar-refractivity contribution in [3.05, 3.63) is 47.7 Å². The van der Waals surface area contributed by atoms with Gasteiger partial charge in [0.05, 0.1) is 17.0 Å². The third-order valence-electron chi connectivity index (χ3n) is 2.44. The first kappa shape index (κ1) is 12.4. The predicted octanol–water partition coefficient (Wildman–Crippen LogP) is 4.23. The minimum Gasteiger partial charge on any atom is -0.439 e. The number of aliphatic imine (C=N–C) groups is 1. The highest BCUT2D eigenvalue weighted by atomic mass is 32.1. The Morgan fingerprint density at radius 1 is 1.22 bits per heavy atom. The number of rotatable bonds is 3. The molecule has 0 unspecified atom stereocenters. The molecule has 0 saturated carbocycles. The van der Waals surface area contributed by atoms with Gasteiger partial charge in [0.1, 0.15) is 5.75 Å². The zero-order valence-corrected chi connectivity index (χ0v) is 11.0. The number of isothiocyanates is 1. The summed E-state index contributed by atoms with van der Waals surface area (Å²) in [7, 11) is 0. The van der Waals surface area contributed by atoms with Crippen LogP contribution in [0.25, 0.3) is 0 Å². The van der Waals surface area contributed by atoms with Crippen LogP contribution >= 0.6 is 12.2 Å². The molecule has 1 heterocycles. The van der Waals surface area contributed by atoms with E-state index in [1.54, 1.807) is 18.3 Å². The summed E-state index contributed by atoms with van der Waals surface area (Å²) < 4.78 is 5.70. The van der Waals surface area contributed by atoms with Gasteiger partial charge in [-0.05, 0) is 43.8 Å². The summed E-state index contributed by atoms with van der Waals surface area (Å²) in [6.45, 7) is 4.06. The molecule has 0 aliphatic carbocycles. The minimum absolute atomic E-state index is 0.533. The molecule has 4 heteroatoms. The smallest absolute Gasteiger partial charge is 0.219 e. The summed E-state index contributed by atoms with van der Waals surface area (Å²) in [6.07, 6.45) is 1.60. The molecule has 0 aliphatic heterocycles. The van der Waals surface area contributed by atoms with Crippen LogP contribution < -0.4 is 4.74 Å². The Kier molecular flexibility index (Phi) is 3.82. The second kappa shape index (κ2) is 5.54. The van der Waals surface area contributed by atoms with E-state index in [0.717, 1.165) is 11.3 Å². The summed E-state index contributed by atoms with van der Waals surface area (Å²) in [5, 5.41) is 2.30. The molecular weight excluding hydrogens is 244 g/mol. The van der Waals surface area contributed by atoms with E-state index in [-0.39, 0.29) is 0 Å². The monoisotopic (exact) mass is 256 g/mol. The molecule has 1 aromatic heterocycles. The Morgan fingerprint density at radius 2 is 2.06 bits per heavy atom. The van der Waals surface area contributed by atoms with Crippen LogP contribution in [0.5, 0.6) is 11.6 Å². The van der Waals surface area contributed by atoms with Gasteiger partial charge in [0.25, 0.3) is 0 Å². The number of nitrogens with zero attached hydrogens (tertiary/aromatic N) is 2. The number of hydrogen-bond acceptors (Lipinski definition) is 4. The lowest BCUT2D eigenvalue weighted by Crippen LogP contribution is -1.90. The number of hydrogen-bond donors (Lipinski definition) is 0. The van der Waals surface area contributed by atoms with Gasteiger partial charge in [0.2, 0.25) is 5.88 Å². The minimum atomic E-state index is 0.533. The van der Waals surface area contributed by atoms with E-state index in [0.29, 0.717) is 11.6 Å². The zero-order chi connectivity index (χ0) is 13.0. The first-order valence-corrected chi connectivity index (χ1v) is 5.89. The van der Waals surface area contributed by atoms with Crippen LogP contribution in [-0.4, -0.2) is 10.1 Å². The molecular formula is C14H12N2OS. The standard InChI is InChI=1S/C14H12N2OS/c1-10-3-5-13(11(2)7-10)17-14-6-4-12(8-15-14)16-9-18/h3-8H,1-2H3. The van der Waals surface area contributed by atoms with E-state index < -0.39 is 0 Å². The van der Waals surface area contributed by atoms with Gasteiger partial charge in [-0.25, -0.2) is 4.98 Å². The number of pyridine rings is 1. The van der Waals surface area contributed by atoms with Gasteiger partial charge in [-0.1, -0.05) is 17.7 Å². The third-order valence-corrected chi connectivity index (χ3v) is 2.53. The van der Waals surface area contributed by atoms with Crippen molar-refractivity contribution in [3.8, 4) is 11.6 Å². The van der Waals surface area contributed by atoms with Gasteiger partial charge in [-0.3, -0.25) is 0 Å². The van der Waals surface area contributed by atoms with Crippen LogP contribution in [-0.2, 0) is 0 Å². The topological polar surface area (TPSA) is 34.5 Å². The molecule has 18 heavy (non-hydrogen) atoms. The van der Waals surface area contributed by atoms with Crippen molar-refractivity contribution in [1.29, 1.82) is 0 Å². The number of benzene rings is 1. The number of aromatic nitrogens is 1. The molecule has 0 radical (unpaired) electrons. The van der Waals surface area contributed by atoms with Gasteiger partial charge < -0.3 is 4.74 Å². The molecule has 0 saturated heterocycles. The van der Waals surface area contributed by atoms with Gasteiger partial charge in [-0.2, -0.15) is 4.99 Å². The number of aryl methyl sites for hydroxylation is 2. The molecule has 0 amide bonds. The third kappa shape index (κ3) is 3.00. The van der Waals surface area contributed by atoms with Gasteiger partial charge >= 0.3 is 0 Å². The van der Waals surface area contributed by atoms with Crippen LogP contribution in [0.1, 0.15) is 11.1 Å². The van der Waals surface area contributed by atoms with Crippen molar-refractivity contribution in [1.82, 2.24) is 4.98 Å². The Hall–Kier alpha value is -2.03. The highest BCUT2D eigenvalue weighted by molar-refractivity contribution is 7.78. The maximum atomic E-state index is 5.70. The lowest BCUT2D eigenvalue weighted by Gasteiger charge is -2.08. The van der Waals surface area contributed by atoms with Gasteiger partial charge in [0, 0.05) is 6.07 Å². The lowest BCUT2D eigenvalue weighted by atomic mass is 10.1. The molecule has 2 aromatic rings. The van der Waals surface area contributed by atoms with Gasteiger partial charge in [0.15, 0.2) is 0 Å². The van der Waals surface area contributed by atoms with Crippen molar-refractivity contribution in [2.24, 2.45) is 4.99 Å².